The molecule has 3 aliphatic rings. The Morgan fingerprint density at radius 2 is 1.96 bits per heavy atom. The Morgan fingerprint density at radius 1 is 1.14 bits per heavy atom. The average molecular weight is 390 g/mol. The van der Waals surface area contributed by atoms with Crippen molar-refractivity contribution >= 4 is 17.8 Å². The minimum atomic E-state index is -0.396. The predicted octanol–water partition coefficient (Wildman–Crippen LogP) is 1.07. The van der Waals surface area contributed by atoms with E-state index in [0.717, 1.165) is 44.7 Å². The third kappa shape index (κ3) is 3.84. The summed E-state index contributed by atoms with van der Waals surface area (Å²) in [4.78, 5) is 29.8. The quantitative estimate of drug-likeness (QED) is 0.806. The van der Waals surface area contributed by atoms with Crippen LogP contribution in [0.3, 0.4) is 0 Å². The van der Waals surface area contributed by atoms with Crippen molar-refractivity contribution in [2.75, 3.05) is 31.9 Å². The zero-order valence-corrected chi connectivity index (χ0v) is 16.6. The second-order valence-corrected chi connectivity index (χ2v) is 8.73. The lowest BCUT2D eigenvalue weighted by Gasteiger charge is -2.40. The number of tetrazole rings is 1. The zero-order chi connectivity index (χ0) is 19.6. The summed E-state index contributed by atoms with van der Waals surface area (Å²) in [6.07, 6.45) is 10.5. The second kappa shape index (κ2) is 8.05. The lowest BCUT2D eigenvalue weighted by molar-refractivity contribution is -0.146. The van der Waals surface area contributed by atoms with Crippen LogP contribution in [-0.4, -0.2) is 68.0 Å². The van der Waals surface area contributed by atoms with E-state index in [9.17, 15) is 9.59 Å². The minimum absolute atomic E-state index is 0.0223. The number of carbonyl (C=O) groups excluding carboxylic acids is 2. The van der Waals surface area contributed by atoms with Crippen molar-refractivity contribution in [3.63, 3.8) is 0 Å². The summed E-state index contributed by atoms with van der Waals surface area (Å²) in [7, 11) is 0. The SMILES string of the molecule is Nc1nnnn1CC(=O)N1CC[C@@]2(CCCN(CCC3CCCCC3)C2=O)C1. The van der Waals surface area contributed by atoms with Crippen LogP contribution >= 0.6 is 0 Å². The number of nitrogen functional groups attached to an aromatic ring is 1. The first kappa shape index (κ1) is 19.1. The number of nitrogens with two attached hydrogens (primary N) is 1. The van der Waals surface area contributed by atoms with Crippen LogP contribution in [0.4, 0.5) is 5.95 Å². The molecule has 2 amide bonds. The van der Waals surface area contributed by atoms with Gasteiger partial charge >= 0.3 is 0 Å². The van der Waals surface area contributed by atoms with Gasteiger partial charge < -0.3 is 15.5 Å². The lowest BCUT2D eigenvalue weighted by atomic mass is 9.78. The van der Waals surface area contributed by atoms with E-state index in [2.05, 4.69) is 20.4 Å². The lowest BCUT2D eigenvalue weighted by Crippen LogP contribution is -2.51. The maximum absolute atomic E-state index is 13.3. The highest BCUT2D eigenvalue weighted by atomic mass is 16.2. The molecule has 0 radical (unpaired) electrons. The molecule has 3 heterocycles. The van der Waals surface area contributed by atoms with Gasteiger partial charge in [0.15, 0.2) is 0 Å². The van der Waals surface area contributed by atoms with Crippen LogP contribution in [0.5, 0.6) is 0 Å². The largest absolute Gasteiger partial charge is 0.367 e. The summed E-state index contributed by atoms with van der Waals surface area (Å²) in [5, 5.41) is 10.8. The molecular formula is C19H31N7O2. The molecule has 28 heavy (non-hydrogen) atoms. The van der Waals surface area contributed by atoms with Crippen molar-refractivity contribution in [2.24, 2.45) is 11.3 Å². The molecule has 4 rings (SSSR count). The van der Waals surface area contributed by atoms with Crippen LogP contribution in [0.1, 0.15) is 57.8 Å². The van der Waals surface area contributed by atoms with Crippen LogP contribution in [0, 0.1) is 11.3 Å². The van der Waals surface area contributed by atoms with E-state index >= 15 is 0 Å². The fraction of sp³-hybridized carbons (Fsp3) is 0.842. The Morgan fingerprint density at radius 3 is 2.71 bits per heavy atom. The van der Waals surface area contributed by atoms with Gasteiger partial charge in [-0.2, -0.15) is 0 Å². The molecule has 2 saturated heterocycles. The zero-order valence-electron chi connectivity index (χ0n) is 16.6. The van der Waals surface area contributed by atoms with E-state index in [1.54, 1.807) is 4.90 Å². The molecule has 2 aliphatic heterocycles. The van der Waals surface area contributed by atoms with Crippen LogP contribution < -0.4 is 5.73 Å². The summed E-state index contributed by atoms with van der Waals surface area (Å²) in [6, 6.07) is 0. The van der Waals surface area contributed by atoms with Crippen molar-refractivity contribution in [1.29, 1.82) is 0 Å². The van der Waals surface area contributed by atoms with Gasteiger partial charge in [-0.1, -0.05) is 37.2 Å². The maximum Gasteiger partial charge on any atom is 0.244 e. The van der Waals surface area contributed by atoms with Gasteiger partial charge in [-0.3, -0.25) is 9.59 Å². The van der Waals surface area contributed by atoms with E-state index in [0.29, 0.717) is 13.1 Å². The first-order valence-electron chi connectivity index (χ1n) is 10.7. The van der Waals surface area contributed by atoms with E-state index in [4.69, 9.17) is 5.73 Å². The molecule has 0 bridgehead atoms. The highest BCUT2D eigenvalue weighted by Crippen LogP contribution is 2.40. The van der Waals surface area contributed by atoms with Gasteiger partial charge in [0.2, 0.25) is 17.8 Å². The fourth-order valence-corrected chi connectivity index (χ4v) is 5.20. The van der Waals surface area contributed by atoms with Crippen molar-refractivity contribution < 1.29 is 9.59 Å². The molecule has 1 spiro atoms. The highest BCUT2D eigenvalue weighted by molar-refractivity contribution is 5.86. The smallest absolute Gasteiger partial charge is 0.244 e. The third-order valence-electron chi connectivity index (χ3n) is 6.91. The Labute approximate surface area is 165 Å². The van der Waals surface area contributed by atoms with E-state index < -0.39 is 5.41 Å². The number of anilines is 1. The molecular weight excluding hydrogens is 358 g/mol. The number of piperidine rings is 1. The molecule has 2 N–H and O–H groups in total. The Bertz CT molecular complexity index is 715. The molecule has 154 valence electrons. The normalized spacial score (nSPS) is 26.4. The van der Waals surface area contributed by atoms with Gasteiger partial charge in [0, 0.05) is 26.2 Å². The minimum Gasteiger partial charge on any atom is -0.367 e. The van der Waals surface area contributed by atoms with Crippen molar-refractivity contribution in [3.05, 3.63) is 0 Å². The molecule has 1 saturated carbocycles. The topological polar surface area (TPSA) is 110 Å². The number of likely N-dealkylation sites (tertiary alicyclic amines) is 2. The predicted molar refractivity (Wildman–Crippen MR) is 103 cm³/mol. The first-order valence-corrected chi connectivity index (χ1v) is 10.7. The third-order valence-corrected chi connectivity index (χ3v) is 6.91. The van der Waals surface area contributed by atoms with Gasteiger partial charge in [-0.25, -0.2) is 4.68 Å². The maximum atomic E-state index is 13.3. The Balaban J connectivity index is 1.34. The van der Waals surface area contributed by atoms with Gasteiger partial charge in [-0.15, -0.1) is 0 Å². The summed E-state index contributed by atoms with van der Waals surface area (Å²) in [5.74, 6) is 1.09. The summed E-state index contributed by atoms with van der Waals surface area (Å²) in [6.45, 7) is 2.88. The number of nitrogens with zero attached hydrogens (tertiary/aromatic N) is 6. The van der Waals surface area contributed by atoms with Crippen LogP contribution in [0.25, 0.3) is 0 Å². The van der Waals surface area contributed by atoms with Gasteiger partial charge in [0.1, 0.15) is 6.54 Å². The molecule has 3 fully saturated rings. The van der Waals surface area contributed by atoms with Gasteiger partial charge in [0.05, 0.1) is 5.41 Å². The monoisotopic (exact) mass is 389 g/mol. The van der Waals surface area contributed by atoms with E-state index in [-0.39, 0.29) is 24.3 Å². The van der Waals surface area contributed by atoms with Crippen LogP contribution in [0.2, 0.25) is 0 Å². The molecule has 9 heteroatoms. The van der Waals surface area contributed by atoms with Crippen molar-refractivity contribution in [3.8, 4) is 0 Å². The molecule has 1 aromatic rings. The summed E-state index contributed by atoms with van der Waals surface area (Å²) >= 11 is 0. The number of hydrogen-bond acceptors (Lipinski definition) is 6. The number of carbonyl (C=O) groups is 2. The number of hydrogen-bond donors (Lipinski definition) is 1. The number of amides is 2. The first-order chi connectivity index (χ1) is 13.6. The standard InChI is InChI=1S/C19H31N7O2/c20-18-21-22-23-26(18)13-16(27)25-12-9-19(14-25)8-4-10-24(17(19)28)11-7-15-5-2-1-3-6-15/h15H,1-14H2,(H2,20,21,23)/t19-/m0/s1. The van der Waals surface area contributed by atoms with Crippen molar-refractivity contribution in [2.45, 2.75) is 64.3 Å². The highest BCUT2D eigenvalue weighted by Gasteiger charge is 2.49. The van der Waals surface area contributed by atoms with Crippen LogP contribution in [-0.2, 0) is 16.1 Å². The van der Waals surface area contributed by atoms with Gasteiger partial charge in [-0.05, 0) is 42.0 Å². The number of aromatic nitrogens is 4. The Hall–Kier alpha value is -2.19. The molecule has 1 aromatic heterocycles. The molecule has 0 aromatic carbocycles. The Kier molecular flexibility index (Phi) is 5.50. The second-order valence-electron chi connectivity index (χ2n) is 8.73. The van der Waals surface area contributed by atoms with E-state index in [1.165, 1.54) is 36.8 Å². The fourth-order valence-electron chi connectivity index (χ4n) is 5.20. The average Bonchev–Trinajstić information content (AvgIpc) is 3.31. The molecule has 1 atom stereocenters. The molecule has 1 aliphatic carbocycles. The summed E-state index contributed by atoms with van der Waals surface area (Å²) in [5.41, 5.74) is 5.26. The van der Waals surface area contributed by atoms with E-state index in [1.807, 2.05) is 0 Å². The van der Waals surface area contributed by atoms with Gasteiger partial charge in [0.25, 0.3) is 0 Å². The number of rotatable bonds is 5. The molecule has 9 nitrogen and oxygen atoms in total. The summed E-state index contributed by atoms with van der Waals surface area (Å²) < 4.78 is 1.30. The van der Waals surface area contributed by atoms with Crippen molar-refractivity contribution in [1.82, 2.24) is 30.0 Å². The van der Waals surface area contributed by atoms with Crippen LogP contribution in [0.15, 0.2) is 0 Å². The molecule has 0 unspecified atom stereocenters.